The van der Waals surface area contributed by atoms with E-state index in [1.54, 1.807) is 17.7 Å². The zero-order chi connectivity index (χ0) is 16.5. The number of aromatic nitrogens is 2. The SMILES string of the molecule is CNCCN1C(=O)CC[C@H]2CN(c3ncnc4sccc34)CC[C@H]21.Cl.Cl. The molecule has 2 aliphatic rings. The van der Waals surface area contributed by atoms with Crippen LogP contribution in [0.25, 0.3) is 10.2 Å². The van der Waals surface area contributed by atoms with Crippen LogP contribution in [0.4, 0.5) is 5.82 Å². The summed E-state index contributed by atoms with van der Waals surface area (Å²) >= 11 is 1.66. The highest BCUT2D eigenvalue weighted by atomic mass is 35.5. The predicted octanol–water partition coefficient (Wildman–Crippen LogP) is 2.57. The lowest BCUT2D eigenvalue weighted by molar-refractivity contribution is -0.139. The van der Waals surface area contributed by atoms with E-state index in [-0.39, 0.29) is 24.8 Å². The molecule has 6 nitrogen and oxygen atoms in total. The molecule has 26 heavy (non-hydrogen) atoms. The standard InChI is InChI=1S/C17H23N5OS.2ClH/c1-18-6-8-22-14-4-7-21(10-12(14)2-3-15(22)23)16-13-5-9-24-17(13)20-11-19-16;;/h5,9,11-12,14,18H,2-4,6-8,10H2,1H3;2*1H/t12-,14+;;/m0../s1. The van der Waals surface area contributed by atoms with Gasteiger partial charge < -0.3 is 15.1 Å². The first-order valence-corrected chi connectivity index (χ1v) is 9.53. The normalized spacial score (nSPS) is 22.6. The third-order valence-corrected chi connectivity index (χ3v) is 6.11. The minimum absolute atomic E-state index is 0. The van der Waals surface area contributed by atoms with Crippen LogP contribution in [0.15, 0.2) is 17.8 Å². The minimum Gasteiger partial charge on any atom is -0.356 e. The predicted molar refractivity (Wildman–Crippen MR) is 111 cm³/mol. The van der Waals surface area contributed by atoms with Gasteiger partial charge in [-0.3, -0.25) is 4.79 Å². The molecule has 0 saturated carbocycles. The van der Waals surface area contributed by atoms with Crippen molar-refractivity contribution in [1.82, 2.24) is 20.2 Å². The Balaban J connectivity index is 0.00000121. The smallest absolute Gasteiger partial charge is 0.222 e. The number of carbonyl (C=O) groups is 1. The van der Waals surface area contributed by atoms with E-state index in [4.69, 9.17) is 0 Å². The number of piperidine rings is 2. The number of fused-ring (bicyclic) bond motifs is 2. The molecule has 2 aromatic rings. The average Bonchev–Trinajstić information content (AvgIpc) is 3.09. The molecular weight excluding hydrogens is 393 g/mol. The van der Waals surface area contributed by atoms with Gasteiger partial charge in [-0.25, -0.2) is 9.97 Å². The van der Waals surface area contributed by atoms with Crippen molar-refractivity contribution in [2.24, 2.45) is 5.92 Å². The van der Waals surface area contributed by atoms with Crippen molar-refractivity contribution in [3.8, 4) is 0 Å². The molecule has 2 saturated heterocycles. The maximum Gasteiger partial charge on any atom is 0.222 e. The van der Waals surface area contributed by atoms with Gasteiger partial charge in [-0.1, -0.05) is 0 Å². The van der Waals surface area contributed by atoms with E-state index in [2.05, 4.69) is 36.5 Å². The Morgan fingerprint density at radius 3 is 2.96 bits per heavy atom. The molecule has 4 rings (SSSR count). The number of hydrogen-bond acceptors (Lipinski definition) is 6. The third kappa shape index (κ3) is 3.91. The molecule has 1 N–H and O–H groups in total. The summed E-state index contributed by atoms with van der Waals surface area (Å²) < 4.78 is 0. The van der Waals surface area contributed by atoms with Gasteiger partial charge in [0.2, 0.25) is 5.91 Å². The van der Waals surface area contributed by atoms with Crippen LogP contribution < -0.4 is 10.2 Å². The summed E-state index contributed by atoms with van der Waals surface area (Å²) in [5.74, 6) is 1.91. The highest BCUT2D eigenvalue weighted by Gasteiger charge is 2.39. The van der Waals surface area contributed by atoms with Crippen molar-refractivity contribution in [3.63, 3.8) is 0 Å². The summed E-state index contributed by atoms with van der Waals surface area (Å²) in [4.78, 5) is 26.8. The number of likely N-dealkylation sites (tertiary alicyclic amines) is 1. The van der Waals surface area contributed by atoms with Crippen LogP contribution in [0.3, 0.4) is 0 Å². The molecule has 2 fully saturated rings. The van der Waals surface area contributed by atoms with E-state index >= 15 is 0 Å². The van der Waals surface area contributed by atoms with Crippen molar-refractivity contribution in [2.75, 3.05) is 38.1 Å². The van der Waals surface area contributed by atoms with E-state index in [9.17, 15) is 4.79 Å². The minimum atomic E-state index is 0. The van der Waals surface area contributed by atoms with E-state index in [0.29, 0.717) is 24.3 Å². The lowest BCUT2D eigenvalue weighted by atomic mass is 9.83. The fraction of sp³-hybridized carbons (Fsp3) is 0.588. The molecule has 2 atom stereocenters. The van der Waals surface area contributed by atoms with Crippen LogP contribution in [0.1, 0.15) is 19.3 Å². The summed E-state index contributed by atoms with van der Waals surface area (Å²) in [5, 5.41) is 6.39. The first kappa shape index (κ1) is 21.2. The van der Waals surface area contributed by atoms with Crippen molar-refractivity contribution >= 4 is 58.1 Å². The molecule has 144 valence electrons. The number of hydrogen-bond donors (Lipinski definition) is 1. The number of thiophene rings is 1. The Hall–Kier alpha value is -1.15. The molecule has 0 radical (unpaired) electrons. The van der Waals surface area contributed by atoms with Gasteiger partial charge in [0.1, 0.15) is 17.0 Å². The van der Waals surface area contributed by atoms with E-state index in [1.165, 1.54) is 0 Å². The fourth-order valence-electron chi connectivity index (χ4n) is 4.10. The number of nitrogens with zero attached hydrogens (tertiary/aromatic N) is 4. The summed E-state index contributed by atoms with van der Waals surface area (Å²) in [7, 11) is 1.94. The summed E-state index contributed by atoms with van der Waals surface area (Å²) in [6.45, 7) is 3.61. The van der Waals surface area contributed by atoms with Gasteiger partial charge in [-0.05, 0) is 37.3 Å². The van der Waals surface area contributed by atoms with E-state index in [0.717, 1.165) is 55.1 Å². The summed E-state index contributed by atoms with van der Waals surface area (Å²) in [6, 6.07) is 2.50. The topological polar surface area (TPSA) is 61.4 Å². The van der Waals surface area contributed by atoms with E-state index < -0.39 is 0 Å². The Morgan fingerprint density at radius 1 is 1.31 bits per heavy atom. The van der Waals surface area contributed by atoms with Crippen LogP contribution in [-0.2, 0) is 4.79 Å². The number of nitrogens with one attached hydrogen (secondary N) is 1. The van der Waals surface area contributed by atoms with Gasteiger partial charge in [0.25, 0.3) is 0 Å². The second kappa shape index (κ2) is 9.17. The average molecular weight is 418 g/mol. The molecule has 4 heterocycles. The van der Waals surface area contributed by atoms with Crippen molar-refractivity contribution in [1.29, 1.82) is 0 Å². The molecule has 2 aromatic heterocycles. The maximum atomic E-state index is 12.3. The third-order valence-electron chi connectivity index (χ3n) is 5.29. The summed E-state index contributed by atoms with van der Waals surface area (Å²) in [5.41, 5.74) is 0. The van der Waals surface area contributed by atoms with Gasteiger partial charge in [-0.2, -0.15) is 0 Å². The number of amides is 1. The Labute approximate surface area is 170 Å². The fourth-order valence-corrected chi connectivity index (χ4v) is 4.82. The highest BCUT2D eigenvalue weighted by molar-refractivity contribution is 7.16. The van der Waals surface area contributed by atoms with Crippen molar-refractivity contribution < 1.29 is 4.79 Å². The largest absolute Gasteiger partial charge is 0.356 e. The first-order valence-electron chi connectivity index (χ1n) is 8.65. The molecule has 2 aliphatic heterocycles. The molecule has 0 aromatic carbocycles. The number of halogens is 2. The monoisotopic (exact) mass is 417 g/mol. The van der Waals surface area contributed by atoms with Crippen molar-refractivity contribution in [3.05, 3.63) is 17.8 Å². The number of anilines is 1. The van der Waals surface area contributed by atoms with Gasteiger partial charge >= 0.3 is 0 Å². The number of carbonyl (C=O) groups excluding carboxylic acids is 1. The molecule has 0 aliphatic carbocycles. The zero-order valence-electron chi connectivity index (χ0n) is 14.8. The second-order valence-corrected chi connectivity index (χ2v) is 7.52. The number of likely N-dealkylation sites (N-methyl/N-ethyl adjacent to an activating group) is 1. The van der Waals surface area contributed by atoms with Gasteiger partial charge in [0.15, 0.2) is 0 Å². The molecule has 1 amide bonds. The van der Waals surface area contributed by atoms with Crippen LogP contribution >= 0.6 is 36.2 Å². The summed E-state index contributed by atoms with van der Waals surface area (Å²) in [6.07, 6.45) is 4.36. The Bertz CT molecular complexity index is 743. The molecule has 0 spiro atoms. The lowest BCUT2D eigenvalue weighted by Gasteiger charge is -2.47. The second-order valence-electron chi connectivity index (χ2n) is 6.63. The van der Waals surface area contributed by atoms with Gasteiger partial charge in [0, 0.05) is 38.6 Å². The maximum absolute atomic E-state index is 12.3. The van der Waals surface area contributed by atoms with Gasteiger partial charge in [-0.15, -0.1) is 36.2 Å². The highest BCUT2D eigenvalue weighted by Crippen LogP contribution is 2.35. The van der Waals surface area contributed by atoms with Crippen LogP contribution in [0, 0.1) is 5.92 Å². The Kier molecular flexibility index (Phi) is 7.46. The molecule has 0 unspecified atom stereocenters. The van der Waals surface area contributed by atoms with Crippen molar-refractivity contribution in [2.45, 2.75) is 25.3 Å². The number of rotatable bonds is 4. The van der Waals surface area contributed by atoms with Crippen LogP contribution in [0.2, 0.25) is 0 Å². The molecular formula is C17H25Cl2N5OS. The van der Waals surface area contributed by atoms with E-state index in [1.807, 2.05) is 7.05 Å². The van der Waals surface area contributed by atoms with Gasteiger partial charge in [0.05, 0.1) is 5.39 Å². The first-order chi connectivity index (χ1) is 11.8. The van der Waals surface area contributed by atoms with Crippen LogP contribution in [-0.4, -0.2) is 60.0 Å². The Morgan fingerprint density at radius 2 is 2.15 bits per heavy atom. The quantitative estimate of drug-likeness (QED) is 0.827. The molecule has 0 bridgehead atoms. The zero-order valence-corrected chi connectivity index (χ0v) is 17.2. The lowest BCUT2D eigenvalue weighted by Crippen LogP contribution is -2.57. The molecule has 9 heteroatoms. The van der Waals surface area contributed by atoms with Crippen LogP contribution in [0.5, 0.6) is 0 Å².